The monoisotopic (exact) mass is 138 g/mol. The molecule has 0 saturated heterocycles. The van der Waals surface area contributed by atoms with E-state index in [0.717, 1.165) is 0 Å². The zero-order valence-corrected chi connectivity index (χ0v) is 5.88. The molecule has 0 spiro atoms. The molecule has 0 radical (unpaired) electrons. The third-order valence-electron chi connectivity index (χ3n) is 0.481. The van der Waals surface area contributed by atoms with Crippen LogP contribution in [-0.2, 0) is 4.79 Å². The minimum absolute atomic E-state index is 0.421. The Morgan fingerprint density at radius 3 is 1.86 bits per heavy atom. The van der Waals surface area contributed by atoms with E-state index >= 15 is 0 Å². The Kier molecular flexibility index (Phi) is 2.14. The second-order valence-corrected chi connectivity index (χ2v) is 3.29. The van der Waals surface area contributed by atoms with Gasteiger partial charge in [0, 0.05) is 0 Å². The smallest absolute Gasteiger partial charge is 0.236 e. The first-order valence-electron chi connectivity index (χ1n) is 1.87. The summed E-state index contributed by atoms with van der Waals surface area (Å²) in [4.78, 5) is 10.2. The Bertz CT molecular complexity index is 84.2. The van der Waals surface area contributed by atoms with E-state index in [1.807, 2.05) is 0 Å². The van der Waals surface area contributed by atoms with Crippen LogP contribution in [0.3, 0.4) is 0 Å². The Hall–Kier alpha value is 0.310. The number of carbonyl (C=O) groups is 1. The molecule has 0 aliphatic heterocycles. The average molecular weight is 139 g/mol. The number of hydrogen-bond donors (Lipinski definition) is 1. The quantitative estimate of drug-likeness (QED) is 0.429. The summed E-state index contributed by atoms with van der Waals surface area (Å²) in [6, 6.07) is 0. The van der Waals surface area contributed by atoms with Crippen molar-refractivity contribution in [2.45, 2.75) is 18.6 Å². The molecule has 0 rings (SSSR count). The molecule has 0 unspecified atom stereocenters. The van der Waals surface area contributed by atoms with Crippen molar-refractivity contribution in [2.24, 2.45) is 0 Å². The number of thiol groups is 1. The van der Waals surface area contributed by atoms with Gasteiger partial charge in [-0.1, -0.05) is 0 Å². The molecule has 0 amide bonds. The number of rotatable bonds is 1. The fraction of sp³-hybridized carbons (Fsp3) is 0.750. The second kappa shape index (κ2) is 2.05. The van der Waals surface area contributed by atoms with Crippen LogP contribution in [0.15, 0.2) is 0 Å². The van der Waals surface area contributed by atoms with Crippen LogP contribution >= 0.6 is 24.2 Å². The normalized spacial score (nSPS) is 11.4. The predicted molar refractivity (Wildman–Crippen MR) is 33.9 cm³/mol. The lowest BCUT2D eigenvalue weighted by Crippen LogP contribution is -2.18. The van der Waals surface area contributed by atoms with Gasteiger partial charge in [0.1, 0.15) is 0 Å². The molecular weight excluding hydrogens is 132 g/mol. The maximum atomic E-state index is 10.2. The largest absolute Gasteiger partial charge is 0.280 e. The Balaban J connectivity index is 3.79. The fourth-order valence-electron chi connectivity index (χ4n) is 0. The Morgan fingerprint density at radius 2 is 1.86 bits per heavy atom. The number of carbonyl (C=O) groups excluding carboxylic acids is 1. The highest BCUT2D eigenvalue weighted by Gasteiger charge is 2.18. The van der Waals surface area contributed by atoms with Crippen molar-refractivity contribution in [3.63, 3.8) is 0 Å². The predicted octanol–water partition coefficient (Wildman–Crippen LogP) is 1.46. The van der Waals surface area contributed by atoms with Crippen molar-refractivity contribution in [1.82, 2.24) is 0 Å². The standard InChI is InChI=1S/C4H7ClOS/c1-4(2,7)3(5)6/h7H,1-2H3. The lowest BCUT2D eigenvalue weighted by Gasteiger charge is -2.07. The van der Waals surface area contributed by atoms with Gasteiger partial charge < -0.3 is 0 Å². The van der Waals surface area contributed by atoms with Crippen molar-refractivity contribution >= 4 is 29.5 Å². The van der Waals surface area contributed by atoms with Gasteiger partial charge in [-0.25, -0.2) is 0 Å². The average Bonchev–Trinajstić information content (AvgIpc) is 1.31. The van der Waals surface area contributed by atoms with E-state index in [1.54, 1.807) is 13.8 Å². The summed E-state index contributed by atoms with van der Waals surface area (Å²) in [5, 5.41) is -0.421. The van der Waals surface area contributed by atoms with Crippen LogP contribution in [0, 0.1) is 0 Å². The molecule has 0 aliphatic rings. The lowest BCUT2D eigenvalue weighted by molar-refractivity contribution is -0.113. The van der Waals surface area contributed by atoms with Gasteiger partial charge in [0.25, 0.3) is 0 Å². The summed E-state index contributed by atoms with van der Waals surface area (Å²) in [7, 11) is 0. The van der Waals surface area contributed by atoms with Crippen molar-refractivity contribution in [3.8, 4) is 0 Å². The highest BCUT2D eigenvalue weighted by Crippen LogP contribution is 2.14. The second-order valence-electron chi connectivity index (χ2n) is 1.83. The van der Waals surface area contributed by atoms with Gasteiger partial charge in [-0.05, 0) is 25.4 Å². The maximum absolute atomic E-state index is 10.2. The van der Waals surface area contributed by atoms with Crippen molar-refractivity contribution in [2.75, 3.05) is 0 Å². The van der Waals surface area contributed by atoms with E-state index in [4.69, 9.17) is 11.6 Å². The van der Waals surface area contributed by atoms with Crippen LogP contribution in [0.25, 0.3) is 0 Å². The molecule has 0 aromatic rings. The van der Waals surface area contributed by atoms with Crippen LogP contribution in [0.5, 0.6) is 0 Å². The first kappa shape index (κ1) is 7.31. The number of halogens is 1. The molecule has 7 heavy (non-hydrogen) atoms. The summed E-state index contributed by atoms with van der Waals surface area (Å²) in [6.45, 7) is 3.29. The summed E-state index contributed by atoms with van der Waals surface area (Å²) in [5.41, 5.74) is 0. The van der Waals surface area contributed by atoms with Gasteiger partial charge >= 0.3 is 0 Å². The highest BCUT2D eigenvalue weighted by atomic mass is 35.5. The summed E-state index contributed by atoms with van der Waals surface area (Å²) >= 11 is 8.91. The SMILES string of the molecule is CC(C)(S)C(=O)Cl. The van der Waals surface area contributed by atoms with Gasteiger partial charge in [-0.3, -0.25) is 4.79 Å². The third kappa shape index (κ3) is 2.94. The van der Waals surface area contributed by atoms with Crippen LogP contribution in [0.4, 0.5) is 0 Å². The van der Waals surface area contributed by atoms with Crippen LogP contribution in [0.1, 0.15) is 13.8 Å². The molecule has 0 heterocycles. The summed E-state index contributed by atoms with van der Waals surface area (Å²) in [5.74, 6) is 0. The van der Waals surface area contributed by atoms with E-state index in [0.29, 0.717) is 0 Å². The number of hydrogen-bond acceptors (Lipinski definition) is 2. The van der Waals surface area contributed by atoms with Crippen LogP contribution in [0.2, 0.25) is 0 Å². The topological polar surface area (TPSA) is 17.1 Å². The van der Waals surface area contributed by atoms with Gasteiger partial charge in [0.15, 0.2) is 0 Å². The van der Waals surface area contributed by atoms with Crippen LogP contribution in [-0.4, -0.2) is 9.99 Å². The van der Waals surface area contributed by atoms with E-state index in [9.17, 15) is 4.79 Å². The molecular formula is C4H7ClOS. The molecule has 0 aromatic heterocycles. The first-order valence-corrected chi connectivity index (χ1v) is 2.69. The van der Waals surface area contributed by atoms with E-state index in [-0.39, 0.29) is 0 Å². The maximum Gasteiger partial charge on any atom is 0.236 e. The van der Waals surface area contributed by atoms with Gasteiger partial charge in [-0.15, -0.1) is 0 Å². The summed E-state index contributed by atoms with van der Waals surface area (Å²) in [6.07, 6.45) is 0. The van der Waals surface area contributed by atoms with Crippen molar-refractivity contribution < 1.29 is 4.79 Å². The van der Waals surface area contributed by atoms with Crippen LogP contribution < -0.4 is 0 Å². The first-order chi connectivity index (χ1) is 2.94. The molecule has 0 aromatic carbocycles. The molecule has 0 fully saturated rings. The lowest BCUT2D eigenvalue weighted by atomic mass is 10.2. The molecule has 3 heteroatoms. The molecule has 0 N–H and O–H groups in total. The zero-order chi connectivity index (χ0) is 6.08. The van der Waals surface area contributed by atoms with Gasteiger partial charge in [0.05, 0.1) is 4.75 Å². The zero-order valence-electron chi connectivity index (χ0n) is 4.23. The van der Waals surface area contributed by atoms with Crippen molar-refractivity contribution in [1.29, 1.82) is 0 Å². The van der Waals surface area contributed by atoms with E-state index in [2.05, 4.69) is 12.6 Å². The molecule has 0 aliphatic carbocycles. The summed E-state index contributed by atoms with van der Waals surface area (Å²) < 4.78 is -0.679. The Labute approximate surface area is 53.5 Å². The minimum Gasteiger partial charge on any atom is -0.280 e. The minimum atomic E-state index is -0.679. The Morgan fingerprint density at radius 1 is 1.71 bits per heavy atom. The van der Waals surface area contributed by atoms with Crippen molar-refractivity contribution in [3.05, 3.63) is 0 Å². The van der Waals surface area contributed by atoms with Gasteiger partial charge in [0.2, 0.25) is 5.24 Å². The molecule has 0 saturated carbocycles. The van der Waals surface area contributed by atoms with E-state index in [1.165, 1.54) is 0 Å². The fourth-order valence-corrected chi connectivity index (χ4v) is 0. The van der Waals surface area contributed by atoms with E-state index < -0.39 is 9.99 Å². The highest BCUT2D eigenvalue weighted by molar-refractivity contribution is 7.83. The molecule has 42 valence electrons. The molecule has 1 nitrogen and oxygen atoms in total. The third-order valence-corrected chi connectivity index (χ3v) is 1.29. The molecule has 0 atom stereocenters. The van der Waals surface area contributed by atoms with Gasteiger partial charge in [-0.2, -0.15) is 12.6 Å². The molecule has 0 bridgehead atoms.